The summed E-state index contributed by atoms with van der Waals surface area (Å²) >= 11 is 0.838. The molecular formula is C13H27N3O11S. The predicted octanol–water partition coefficient (Wildman–Crippen LogP) is 0.921. The smallest absolute Gasteiger partial charge is 0.458 e. The number of unbranched alkanes of at least 4 members (excludes halogenated alkanes) is 2. The van der Waals surface area contributed by atoms with Gasteiger partial charge in [-0.3, -0.25) is 30.5 Å². The number of hydrogen-bond donors (Lipinski definition) is 5. The molecule has 0 heterocycles. The Kier molecular flexibility index (Phi) is 17.0. The fourth-order valence-electron chi connectivity index (χ4n) is 1.49. The van der Waals surface area contributed by atoms with Crippen LogP contribution in [0.25, 0.3) is 0 Å². The van der Waals surface area contributed by atoms with Crippen molar-refractivity contribution in [2.75, 3.05) is 38.8 Å². The minimum Gasteiger partial charge on any atom is -0.458 e. The van der Waals surface area contributed by atoms with Crippen LogP contribution in [0.4, 0.5) is 9.59 Å². The number of rotatable bonds is 16. The third-order valence-electron chi connectivity index (χ3n) is 2.76. The highest BCUT2D eigenvalue weighted by molar-refractivity contribution is 8.13. The topological polar surface area (TPSA) is 194 Å². The Morgan fingerprint density at radius 1 is 0.821 bits per heavy atom. The minimum absolute atomic E-state index is 0.0430. The molecule has 0 aromatic carbocycles. The van der Waals surface area contributed by atoms with Gasteiger partial charge in [0.1, 0.15) is 6.61 Å². The third kappa shape index (κ3) is 19.5. The van der Waals surface area contributed by atoms with E-state index in [2.05, 4.69) is 9.68 Å². The van der Waals surface area contributed by atoms with E-state index in [1.807, 2.05) is 0 Å². The van der Waals surface area contributed by atoms with E-state index < -0.39 is 22.9 Å². The van der Waals surface area contributed by atoms with E-state index in [0.717, 1.165) is 11.8 Å². The van der Waals surface area contributed by atoms with Gasteiger partial charge in [-0.15, -0.1) is 0 Å². The first-order valence-corrected chi connectivity index (χ1v) is 9.26. The average Bonchev–Trinajstić information content (AvgIpc) is 2.63. The first-order chi connectivity index (χ1) is 13.3. The molecular weight excluding hydrogens is 406 g/mol. The van der Waals surface area contributed by atoms with E-state index in [4.69, 9.17) is 40.8 Å². The zero-order valence-corrected chi connectivity index (χ0v) is 16.0. The molecule has 28 heavy (non-hydrogen) atoms. The van der Waals surface area contributed by atoms with E-state index in [1.54, 1.807) is 0 Å². The first-order valence-electron chi connectivity index (χ1n) is 8.27. The number of hydrogen-bond acceptors (Lipinski definition) is 15. The highest BCUT2D eigenvalue weighted by atomic mass is 32.2. The maximum Gasteiger partial charge on any atom is 0.508 e. The lowest BCUT2D eigenvalue weighted by Crippen LogP contribution is -2.31. The monoisotopic (exact) mass is 433 g/mol. The molecule has 0 aromatic rings. The summed E-state index contributed by atoms with van der Waals surface area (Å²) in [5.41, 5.74) is 5.72. The Morgan fingerprint density at radius 2 is 1.32 bits per heavy atom. The molecule has 0 aromatic heterocycles. The van der Waals surface area contributed by atoms with Gasteiger partial charge in [-0.2, -0.15) is 0 Å². The second-order valence-electron chi connectivity index (χ2n) is 5.17. The molecule has 0 amide bonds. The van der Waals surface area contributed by atoms with Crippen molar-refractivity contribution in [1.82, 2.24) is 10.8 Å². The lowest BCUT2D eigenvalue weighted by Gasteiger charge is -2.12. The SMILES string of the molecule is NC(COC(=O)OCCCCON(O)O)CSC(=O)OCCCCON(O)O. The van der Waals surface area contributed by atoms with Crippen LogP contribution in [0, 0.1) is 0 Å². The van der Waals surface area contributed by atoms with E-state index in [-0.39, 0.29) is 44.2 Å². The molecule has 14 nitrogen and oxygen atoms in total. The minimum atomic E-state index is -0.901. The number of nitrogens with zero attached hydrogens (tertiary/aromatic N) is 2. The molecule has 0 bridgehead atoms. The van der Waals surface area contributed by atoms with Gasteiger partial charge in [-0.25, -0.2) is 9.59 Å². The van der Waals surface area contributed by atoms with Gasteiger partial charge in [0.05, 0.1) is 37.2 Å². The van der Waals surface area contributed by atoms with Crippen molar-refractivity contribution in [2.45, 2.75) is 31.7 Å². The van der Waals surface area contributed by atoms with Crippen LogP contribution >= 0.6 is 11.8 Å². The van der Waals surface area contributed by atoms with Gasteiger partial charge in [-0.05, 0) is 37.4 Å². The Bertz CT molecular complexity index is 381. The fraction of sp³-hybridized carbons (Fsp3) is 0.846. The summed E-state index contributed by atoms with van der Waals surface area (Å²) in [5, 5.41) is 31.8. The molecule has 1 unspecified atom stereocenters. The summed E-state index contributed by atoms with van der Waals surface area (Å²) in [6.07, 6.45) is 0.894. The molecule has 0 saturated heterocycles. The largest absolute Gasteiger partial charge is 0.508 e. The van der Waals surface area contributed by atoms with Crippen molar-refractivity contribution < 1.29 is 54.3 Å². The van der Waals surface area contributed by atoms with Crippen LogP contribution in [0.1, 0.15) is 25.7 Å². The van der Waals surface area contributed by atoms with Gasteiger partial charge in [0, 0.05) is 11.8 Å². The van der Waals surface area contributed by atoms with Crippen molar-refractivity contribution in [3.8, 4) is 0 Å². The molecule has 1 atom stereocenters. The molecule has 166 valence electrons. The fourth-order valence-corrected chi connectivity index (χ4v) is 2.11. The van der Waals surface area contributed by atoms with E-state index >= 15 is 0 Å². The molecule has 0 aliphatic heterocycles. The summed E-state index contributed by atoms with van der Waals surface area (Å²) in [5.74, 6) is 0.176. The van der Waals surface area contributed by atoms with E-state index in [0.29, 0.717) is 25.7 Å². The van der Waals surface area contributed by atoms with Gasteiger partial charge in [0.25, 0.3) is 0 Å². The quantitative estimate of drug-likeness (QED) is 0.131. The second-order valence-corrected chi connectivity index (χ2v) is 6.12. The summed E-state index contributed by atoms with van der Waals surface area (Å²) in [6, 6.07) is -0.591. The van der Waals surface area contributed by atoms with Crippen LogP contribution in [-0.4, -0.2) is 87.9 Å². The van der Waals surface area contributed by atoms with Crippen LogP contribution in [0.5, 0.6) is 0 Å². The molecule has 0 aliphatic rings. The van der Waals surface area contributed by atoms with Crippen LogP contribution in [0.2, 0.25) is 0 Å². The number of thioether (sulfide) groups is 1. The third-order valence-corrected chi connectivity index (χ3v) is 3.71. The van der Waals surface area contributed by atoms with Crippen molar-refractivity contribution in [3.05, 3.63) is 0 Å². The second kappa shape index (κ2) is 17.8. The molecule has 15 heteroatoms. The molecule has 0 radical (unpaired) electrons. The lowest BCUT2D eigenvalue weighted by atomic mass is 10.3. The number of carbonyl (C=O) groups is 2. The molecule has 6 N–H and O–H groups in total. The number of nitrogens with two attached hydrogens (primary N) is 1. The van der Waals surface area contributed by atoms with E-state index in [9.17, 15) is 9.59 Å². The van der Waals surface area contributed by atoms with Gasteiger partial charge < -0.3 is 19.9 Å². The predicted molar refractivity (Wildman–Crippen MR) is 90.3 cm³/mol. The highest BCUT2D eigenvalue weighted by Crippen LogP contribution is 2.08. The van der Waals surface area contributed by atoms with Crippen molar-refractivity contribution in [2.24, 2.45) is 5.73 Å². The van der Waals surface area contributed by atoms with Gasteiger partial charge >= 0.3 is 11.5 Å². The Hall–Kier alpha value is -1.27. The van der Waals surface area contributed by atoms with Crippen molar-refractivity contribution in [3.63, 3.8) is 0 Å². The molecule has 0 fully saturated rings. The zero-order chi connectivity index (χ0) is 21.2. The average molecular weight is 433 g/mol. The van der Waals surface area contributed by atoms with Gasteiger partial charge in [0.2, 0.25) is 0 Å². The van der Waals surface area contributed by atoms with Crippen LogP contribution < -0.4 is 5.73 Å². The van der Waals surface area contributed by atoms with Crippen LogP contribution in [0.15, 0.2) is 0 Å². The van der Waals surface area contributed by atoms with Gasteiger partial charge in [-0.1, -0.05) is 0 Å². The van der Waals surface area contributed by atoms with Crippen molar-refractivity contribution >= 4 is 23.2 Å². The molecule has 0 saturated carbocycles. The Morgan fingerprint density at radius 3 is 1.86 bits per heavy atom. The lowest BCUT2D eigenvalue weighted by molar-refractivity contribution is -0.492. The Labute approximate surface area is 165 Å². The van der Waals surface area contributed by atoms with Crippen LogP contribution in [0.3, 0.4) is 0 Å². The van der Waals surface area contributed by atoms with Gasteiger partial charge in [0.15, 0.2) is 0 Å². The normalized spacial score (nSPS) is 12.2. The summed E-state index contributed by atoms with van der Waals surface area (Å²) in [4.78, 5) is 31.5. The molecule has 0 aliphatic carbocycles. The summed E-state index contributed by atoms with van der Waals surface area (Å²) < 4.78 is 14.5. The summed E-state index contributed by atoms with van der Waals surface area (Å²) in [6.45, 7) is 0.177. The number of ether oxygens (including phenoxy) is 3. The molecule has 0 rings (SSSR count). The maximum atomic E-state index is 11.5. The standard InChI is InChI=1S/C13H27N3O11S/c14-11(9-25-12(17)23-5-1-3-7-26-15(19)20)10-28-13(18)24-6-2-4-8-27-16(21)22/h11,19-22H,1-10,14H2. The van der Waals surface area contributed by atoms with Crippen LogP contribution in [-0.2, 0) is 23.9 Å². The number of carbonyl (C=O) groups excluding carboxylic acids is 2. The Balaban J connectivity index is 3.53. The summed E-state index contributed by atoms with van der Waals surface area (Å²) in [7, 11) is 0. The first kappa shape index (κ1) is 26.7. The zero-order valence-electron chi connectivity index (χ0n) is 15.2. The highest BCUT2D eigenvalue weighted by Gasteiger charge is 2.12. The van der Waals surface area contributed by atoms with E-state index in [1.165, 1.54) is 0 Å². The molecule has 0 spiro atoms. The van der Waals surface area contributed by atoms with Crippen molar-refractivity contribution in [1.29, 1.82) is 0 Å². The maximum absolute atomic E-state index is 11.5.